The number of hydrogen-bond acceptors (Lipinski definition) is 8. The van der Waals surface area contributed by atoms with Gasteiger partial charge in [0.15, 0.2) is 0 Å². The van der Waals surface area contributed by atoms with E-state index < -0.39 is 40.9 Å². The molecule has 1 heterocycles. The van der Waals surface area contributed by atoms with Crippen LogP contribution in [0, 0.1) is 5.92 Å². The van der Waals surface area contributed by atoms with Crippen LogP contribution >= 0.6 is 12.0 Å². The number of fused-ring (bicyclic) bond motifs is 2. The van der Waals surface area contributed by atoms with E-state index in [4.69, 9.17) is 9.47 Å². The molecule has 0 N–H and O–H groups in total. The van der Waals surface area contributed by atoms with E-state index in [0.29, 0.717) is 12.8 Å². The molecule has 3 unspecified atom stereocenters. The van der Waals surface area contributed by atoms with Gasteiger partial charge in [-0.05, 0) is 19.8 Å². The predicted molar refractivity (Wildman–Crippen MR) is 56.4 cm³/mol. The average molecular weight is 313 g/mol. The Morgan fingerprint density at radius 1 is 1.60 bits per heavy atom. The van der Waals surface area contributed by atoms with Crippen LogP contribution in [0.15, 0.2) is 0 Å². The lowest BCUT2D eigenvalue weighted by Crippen LogP contribution is -2.48. The van der Waals surface area contributed by atoms with Gasteiger partial charge in [0, 0.05) is 6.42 Å². The highest BCUT2D eigenvalue weighted by Gasteiger charge is 2.55. The van der Waals surface area contributed by atoms with Gasteiger partial charge in [-0.1, -0.05) is 0 Å². The fraction of sp³-hybridized carbons (Fsp3) is 0.800. The highest BCUT2D eigenvalue weighted by molar-refractivity contribution is 7.96. The minimum Gasteiger partial charge on any atom is -0.691 e. The van der Waals surface area contributed by atoms with Crippen molar-refractivity contribution in [2.45, 2.75) is 43.1 Å². The summed E-state index contributed by atoms with van der Waals surface area (Å²) in [5.74, 6) is -2.55. The standard InChI is InChI=1S/C10H12F2O7S/c1-9(3-2-5-4-6(9)16-7(5)13)17-8(14)10(11,12)20-19-18-15/h5-6,15H,2-4H2,1H3/p-1. The Labute approximate surface area is 116 Å². The first kappa shape index (κ1) is 15.4. The molecular formula is C10H11F2O7S-. The minimum absolute atomic E-state index is 0.236. The zero-order chi connectivity index (χ0) is 15.0. The summed E-state index contributed by atoms with van der Waals surface area (Å²) in [5.41, 5.74) is -1.32. The van der Waals surface area contributed by atoms with Crippen molar-refractivity contribution in [3.05, 3.63) is 0 Å². The minimum atomic E-state index is -4.10. The lowest BCUT2D eigenvalue weighted by atomic mass is 9.80. The summed E-state index contributed by atoms with van der Waals surface area (Å²) in [6.07, 6.45) is 0.231. The SMILES string of the molecule is CC1(OC(=O)C(F)(F)SOO[O-])CCC2CC1OC2=O. The normalized spacial score (nSPS) is 32.9. The van der Waals surface area contributed by atoms with Crippen molar-refractivity contribution in [1.29, 1.82) is 0 Å². The van der Waals surface area contributed by atoms with E-state index in [0.717, 1.165) is 0 Å². The molecule has 0 aromatic rings. The number of carbonyl (C=O) groups is 2. The van der Waals surface area contributed by atoms with E-state index in [-0.39, 0.29) is 12.3 Å². The maximum Gasteiger partial charge on any atom is 0.415 e. The summed E-state index contributed by atoms with van der Waals surface area (Å²) in [6.45, 7) is 1.43. The highest BCUT2D eigenvalue weighted by Crippen LogP contribution is 2.44. The first-order valence-electron chi connectivity index (χ1n) is 5.74. The molecule has 1 aliphatic carbocycles. The molecular weight excluding hydrogens is 302 g/mol. The smallest absolute Gasteiger partial charge is 0.415 e. The number of hydrogen-bond donors (Lipinski definition) is 0. The van der Waals surface area contributed by atoms with Crippen LogP contribution in [-0.2, 0) is 28.4 Å². The predicted octanol–water partition coefficient (Wildman–Crippen LogP) is 0.478. The Hall–Kier alpha value is -0.970. The Kier molecular flexibility index (Phi) is 4.19. The number of rotatable bonds is 5. The molecule has 20 heavy (non-hydrogen) atoms. The zero-order valence-corrected chi connectivity index (χ0v) is 11.1. The van der Waals surface area contributed by atoms with Crippen molar-refractivity contribution in [3.63, 3.8) is 0 Å². The largest absolute Gasteiger partial charge is 0.691 e. The first-order chi connectivity index (χ1) is 9.28. The van der Waals surface area contributed by atoms with Crippen LogP contribution in [0.4, 0.5) is 8.78 Å². The molecule has 7 nitrogen and oxygen atoms in total. The quantitative estimate of drug-likeness (QED) is 0.313. The summed E-state index contributed by atoms with van der Waals surface area (Å²) < 4.78 is 39.8. The Bertz CT molecular complexity index is 418. The van der Waals surface area contributed by atoms with E-state index in [1.54, 1.807) is 0 Å². The van der Waals surface area contributed by atoms with Gasteiger partial charge in [-0.3, -0.25) is 9.83 Å². The molecule has 114 valence electrons. The van der Waals surface area contributed by atoms with E-state index in [1.807, 2.05) is 0 Å². The van der Waals surface area contributed by atoms with Crippen LogP contribution in [-0.4, -0.2) is 28.9 Å². The third-order valence-electron chi connectivity index (χ3n) is 3.49. The molecule has 1 saturated heterocycles. The maximum atomic E-state index is 13.3. The molecule has 2 aliphatic rings. The number of carbonyl (C=O) groups excluding carboxylic acids is 2. The molecule has 3 atom stereocenters. The molecule has 0 aromatic heterocycles. The van der Waals surface area contributed by atoms with Crippen LogP contribution < -0.4 is 5.26 Å². The van der Waals surface area contributed by atoms with Crippen molar-refractivity contribution in [1.82, 2.24) is 0 Å². The van der Waals surface area contributed by atoms with Gasteiger partial charge in [0.05, 0.1) is 5.92 Å². The molecule has 2 bridgehead atoms. The second-order valence-corrected chi connectivity index (χ2v) is 5.65. The molecule has 2 fully saturated rings. The van der Waals surface area contributed by atoms with E-state index in [9.17, 15) is 23.6 Å². The Morgan fingerprint density at radius 3 is 2.95 bits per heavy atom. The second kappa shape index (κ2) is 5.43. The van der Waals surface area contributed by atoms with Crippen LogP contribution in [0.2, 0.25) is 0 Å². The molecule has 0 spiro atoms. The van der Waals surface area contributed by atoms with Crippen molar-refractivity contribution < 1.29 is 42.5 Å². The second-order valence-electron chi connectivity index (χ2n) is 4.84. The number of ether oxygens (including phenoxy) is 2. The van der Waals surface area contributed by atoms with Crippen LogP contribution in [0.3, 0.4) is 0 Å². The van der Waals surface area contributed by atoms with Crippen molar-refractivity contribution in [2.24, 2.45) is 5.92 Å². The first-order valence-corrected chi connectivity index (χ1v) is 6.49. The lowest BCUT2D eigenvalue weighted by Gasteiger charge is -2.36. The number of halogens is 2. The topological polar surface area (TPSA) is 94.1 Å². The van der Waals surface area contributed by atoms with E-state index in [1.165, 1.54) is 6.92 Å². The van der Waals surface area contributed by atoms with Gasteiger partial charge in [-0.25, -0.2) is 4.79 Å². The fourth-order valence-corrected chi connectivity index (χ4v) is 2.57. The maximum absolute atomic E-state index is 13.3. The molecule has 1 saturated carbocycles. The van der Waals surface area contributed by atoms with Gasteiger partial charge in [0.25, 0.3) is 0 Å². The van der Waals surface area contributed by atoms with Gasteiger partial charge < -0.3 is 14.7 Å². The Morgan fingerprint density at radius 2 is 2.30 bits per heavy atom. The lowest BCUT2D eigenvalue weighted by molar-refractivity contribution is -0.777. The monoisotopic (exact) mass is 313 g/mol. The van der Waals surface area contributed by atoms with Gasteiger partial charge in [0.2, 0.25) is 0 Å². The highest BCUT2D eigenvalue weighted by atomic mass is 32.2. The molecule has 0 amide bonds. The zero-order valence-electron chi connectivity index (χ0n) is 10.3. The average Bonchev–Trinajstić information content (AvgIpc) is 2.71. The van der Waals surface area contributed by atoms with Crippen molar-refractivity contribution in [2.75, 3.05) is 0 Å². The van der Waals surface area contributed by atoms with Crippen LogP contribution in [0.5, 0.6) is 0 Å². The summed E-state index contributed by atoms with van der Waals surface area (Å²) in [4.78, 5) is 22.8. The third kappa shape index (κ3) is 2.87. The van der Waals surface area contributed by atoms with E-state index >= 15 is 0 Å². The Balaban J connectivity index is 2.01. The van der Waals surface area contributed by atoms with E-state index in [2.05, 4.69) is 9.37 Å². The fourth-order valence-electron chi connectivity index (χ4n) is 2.35. The van der Waals surface area contributed by atoms with Crippen molar-refractivity contribution in [3.8, 4) is 0 Å². The van der Waals surface area contributed by atoms with Crippen LogP contribution in [0.1, 0.15) is 26.2 Å². The van der Waals surface area contributed by atoms with Gasteiger partial charge >= 0.3 is 17.2 Å². The summed E-state index contributed by atoms with van der Waals surface area (Å²) >= 11 is -0.756. The summed E-state index contributed by atoms with van der Waals surface area (Å²) in [5, 5.41) is 8.16. The molecule has 0 radical (unpaired) electrons. The van der Waals surface area contributed by atoms with Gasteiger partial charge in [0.1, 0.15) is 23.7 Å². The summed E-state index contributed by atoms with van der Waals surface area (Å²) in [7, 11) is 0. The van der Waals surface area contributed by atoms with Crippen LogP contribution in [0.25, 0.3) is 0 Å². The van der Waals surface area contributed by atoms with Gasteiger partial charge in [-0.2, -0.15) is 13.1 Å². The number of alkyl halides is 2. The molecule has 10 heteroatoms. The molecule has 0 aromatic carbocycles. The molecule has 2 rings (SSSR count). The van der Waals surface area contributed by atoms with Gasteiger partial charge in [-0.15, -0.1) is 0 Å². The summed E-state index contributed by atoms with van der Waals surface area (Å²) in [6, 6.07) is 0. The third-order valence-corrected chi connectivity index (χ3v) is 3.99. The number of esters is 2. The molecule has 1 aliphatic heterocycles. The van der Waals surface area contributed by atoms with Crippen molar-refractivity contribution >= 4 is 24.0 Å².